The van der Waals surface area contributed by atoms with Gasteiger partial charge in [0.25, 0.3) is 0 Å². The first-order valence-electron chi connectivity index (χ1n) is 20.1. The molecule has 1 aromatic carbocycles. The van der Waals surface area contributed by atoms with Gasteiger partial charge in [-0.1, -0.05) is 79.7 Å². The highest BCUT2D eigenvalue weighted by Gasteiger charge is 2.38. The summed E-state index contributed by atoms with van der Waals surface area (Å²) in [7, 11) is 0. The lowest BCUT2D eigenvalue weighted by molar-refractivity contribution is 0.205. The predicted molar refractivity (Wildman–Crippen MR) is 205 cm³/mol. The summed E-state index contributed by atoms with van der Waals surface area (Å²) in [5, 5.41) is 7.64. The Kier molecular flexibility index (Phi) is 10.1. The van der Waals surface area contributed by atoms with E-state index < -0.39 is 0 Å². The molecule has 1 aliphatic heterocycles. The largest absolute Gasteiger partial charge is 0.381 e. The first kappa shape index (κ1) is 32.4. The zero-order chi connectivity index (χ0) is 32.3. The molecule has 1 saturated carbocycles. The number of hydrogen-bond acceptors (Lipinski definition) is 2. The van der Waals surface area contributed by atoms with Crippen LogP contribution >= 0.6 is 0 Å². The van der Waals surface area contributed by atoms with Crippen LogP contribution in [0.3, 0.4) is 0 Å². The van der Waals surface area contributed by atoms with E-state index in [9.17, 15) is 0 Å². The third-order valence-electron chi connectivity index (χ3n) is 13.6. The quantitative estimate of drug-likeness (QED) is 0.262. The highest BCUT2D eigenvalue weighted by molar-refractivity contribution is 5.63. The average molecular weight is 641 g/mol. The lowest BCUT2D eigenvalue weighted by Crippen LogP contribution is -2.33. The topological polar surface area (TPSA) is 24.1 Å². The van der Waals surface area contributed by atoms with Crippen molar-refractivity contribution in [3.8, 4) is 0 Å². The predicted octanol–water partition coefficient (Wildman–Crippen LogP) is 11.5. The minimum absolute atomic E-state index is 0.524. The van der Waals surface area contributed by atoms with Gasteiger partial charge in [-0.3, -0.25) is 0 Å². The van der Waals surface area contributed by atoms with Crippen LogP contribution in [0.2, 0.25) is 0 Å². The highest BCUT2D eigenvalue weighted by atomic mass is 14.9. The molecule has 0 saturated heterocycles. The van der Waals surface area contributed by atoms with Crippen molar-refractivity contribution in [3.63, 3.8) is 0 Å². The van der Waals surface area contributed by atoms with Crippen LogP contribution in [-0.4, -0.2) is 19.1 Å². The van der Waals surface area contributed by atoms with Crippen molar-refractivity contribution in [1.29, 1.82) is 0 Å². The van der Waals surface area contributed by atoms with Crippen LogP contribution < -0.4 is 10.6 Å². The molecule has 0 radical (unpaired) electrons. The number of benzene rings is 1. The Balaban J connectivity index is 1.02. The second kappa shape index (κ2) is 15.0. The summed E-state index contributed by atoms with van der Waals surface area (Å²) in [4.78, 5) is 0. The molecule has 1 fully saturated rings. The molecule has 7 atom stereocenters. The van der Waals surface area contributed by atoms with Crippen molar-refractivity contribution in [3.05, 3.63) is 106 Å². The molecule has 2 heteroatoms. The van der Waals surface area contributed by atoms with Crippen LogP contribution in [0.15, 0.2) is 94.7 Å². The normalized spacial score (nSPS) is 32.2. The molecular formula is C46H60N2. The summed E-state index contributed by atoms with van der Waals surface area (Å²) in [5.41, 5.74) is 13.1. The van der Waals surface area contributed by atoms with Crippen LogP contribution in [0, 0.1) is 35.5 Å². The maximum absolute atomic E-state index is 3.91. The van der Waals surface area contributed by atoms with Crippen LogP contribution in [-0.2, 0) is 6.42 Å². The van der Waals surface area contributed by atoms with E-state index >= 15 is 0 Å². The fourth-order valence-electron chi connectivity index (χ4n) is 10.9. The molecule has 254 valence electrons. The lowest BCUT2D eigenvalue weighted by atomic mass is 9.62. The first-order chi connectivity index (χ1) is 23.7. The van der Waals surface area contributed by atoms with Crippen molar-refractivity contribution in [2.24, 2.45) is 35.5 Å². The number of fused-ring (bicyclic) bond motifs is 3. The Morgan fingerprint density at radius 3 is 2.79 bits per heavy atom. The average Bonchev–Trinajstić information content (AvgIpc) is 3.70. The molecule has 7 aliphatic rings. The number of allylic oxidation sites excluding steroid dienone is 10. The highest BCUT2D eigenvalue weighted by Crippen LogP contribution is 2.51. The van der Waals surface area contributed by atoms with Crippen LogP contribution in [0.25, 0.3) is 6.08 Å². The molecule has 48 heavy (non-hydrogen) atoms. The third-order valence-corrected chi connectivity index (χ3v) is 13.6. The Bertz CT molecular complexity index is 1540. The van der Waals surface area contributed by atoms with Crippen molar-refractivity contribution in [2.45, 2.75) is 116 Å². The molecular weight excluding hydrogens is 581 g/mol. The third kappa shape index (κ3) is 6.94. The molecule has 0 aromatic heterocycles. The smallest absolute Gasteiger partial charge is 0.0365 e. The Labute approximate surface area is 291 Å². The number of rotatable bonds is 9. The van der Waals surface area contributed by atoms with E-state index in [2.05, 4.69) is 90.4 Å². The molecule has 0 amide bonds. The summed E-state index contributed by atoms with van der Waals surface area (Å²) in [6.07, 6.45) is 43.4. The standard InChI is InChI=1S/C46H60N2/c1-32(40-26-27-45(44-19-7-6-18-42(40)44)43-20-9-14-34-12-4-5-17-41(34)43)22-23-38(35-15-8-16-37(29-35)46-21-10-28-47-46)31-48-39-25-24-33-11-2-3-13-36(33)30-39/h3,5,8,10,13,15,17,21,23-25,30,32,34-35,37,40,42,46-48H,2,4,6-7,9,11-12,14,16,18-20,22,26-29,31H2,1H3/b38-23+/t32?,34-,35?,37?,40?,42?,46?/m1/s1. The van der Waals surface area contributed by atoms with E-state index in [0.717, 1.165) is 36.8 Å². The molecule has 2 nitrogen and oxygen atoms in total. The van der Waals surface area contributed by atoms with Gasteiger partial charge in [0, 0.05) is 24.8 Å². The van der Waals surface area contributed by atoms with Crippen molar-refractivity contribution >= 4 is 11.8 Å². The second-order valence-corrected chi connectivity index (χ2v) is 16.4. The van der Waals surface area contributed by atoms with Gasteiger partial charge < -0.3 is 10.6 Å². The number of hydrogen-bond donors (Lipinski definition) is 2. The molecule has 1 aromatic rings. The summed E-state index contributed by atoms with van der Waals surface area (Å²) < 4.78 is 0. The Morgan fingerprint density at radius 2 is 1.85 bits per heavy atom. The molecule has 1 heterocycles. The van der Waals surface area contributed by atoms with E-state index in [0.29, 0.717) is 17.9 Å². The van der Waals surface area contributed by atoms with Gasteiger partial charge in [-0.05, 0) is 177 Å². The minimum Gasteiger partial charge on any atom is -0.381 e. The number of nitrogens with one attached hydrogen (secondary N) is 2. The Hall–Kier alpha value is -2.84. The van der Waals surface area contributed by atoms with Crippen molar-refractivity contribution < 1.29 is 0 Å². The first-order valence-corrected chi connectivity index (χ1v) is 20.1. The van der Waals surface area contributed by atoms with Gasteiger partial charge in [-0.2, -0.15) is 0 Å². The number of anilines is 1. The van der Waals surface area contributed by atoms with Gasteiger partial charge in [-0.15, -0.1) is 0 Å². The SMILES string of the molecule is CC(C/C=C(\CNc1ccc2c(c1)C=CCC2)C1C=CCC(C2C=CCN2)C1)C1CCC(C2=C3C=CCC[C@@H]3CCC2)=C2CCCCC21. The lowest BCUT2D eigenvalue weighted by Gasteiger charge is -2.43. The van der Waals surface area contributed by atoms with Gasteiger partial charge >= 0.3 is 0 Å². The second-order valence-electron chi connectivity index (χ2n) is 16.4. The van der Waals surface area contributed by atoms with Crippen LogP contribution in [0.4, 0.5) is 5.69 Å². The monoisotopic (exact) mass is 640 g/mol. The molecule has 2 N–H and O–H groups in total. The zero-order valence-corrected chi connectivity index (χ0v) is 29.7. The molecule has 0 bridgehead atoms. The summed E-state index contributed by atoms with van der Waals surface area (Å²) in [6, 6.07) is 7.58. The van der Waals surface area contributed by atoms with E-state index in [4.69, 9.17) is 0 Å². The summed E-state index contributed by atoms with van der Waals surface area (Å²) in [6.45, 7) is 4.58. The zero-order valence-electron chi connectivity index (χ0n) is 29.7. The molecule has 0 spiro atoms. The fraction of sp³-hybridized carbons (Fsp3) is 0.565. The van der Waals surface area contributed by atoms with Gasteiger partial charge in [0.1, 0.15) is 0 Å². The van der Waals surface area contributed by atoms with Crippen LogP contribution in [0.5, 0.6) is 0 Å². The van der Waals surface area contributed by atoms with Gasteiger partial charge in [0.15, 0.2) is 0 Å². The molecule has 6 unspecified atom stereocenters. The Morgan fingerprint density at radius 1 is 0.896 bits per heavy atom. The minimum atomic E-state index is 0.524. The van der Waals surface area contributed by atoms with E-state index in [-0.39, 0.29) is 0 Å². The van der Waals surface area contributed by atoms with E-state index in [1.807, 2.05) is 16.7 Å². The number of aryl methyl sites for hydroxylation is 1. The van der Waals surface area contributed by atoms with Gasteiger partial charge in [0.2, 0.25) is 0 Å². The van der Waals surface area contributed by atoms with E-state index in [1.54, 1.807) is 11.1 Å². The van der Waals surface area contributed by atoms with Gasteiger partial charge in [-0.25, -0.2) is 0 Å². The maximum Gasteiger partial charge on any atom is 0.0365 e. The van der Waals surface area contributed by atoms with Crippen LogP contribution in [0.1, 0.15) is 114 Å². The molecule has 8 rings (SSSR count). The summed E-state index contributed by atoms with van der Waals surface area (Å²) in [5.74, 6) is 4.43. The van der Waals surface area contributed by atoms with Crippen molar-refractivity contribution in [2.75, 3.05) is 18.4 Å². The van der Waals surface area contributed by atoms with Crippen molar-refractivity contribution in [1.82, 2.24) is 5.32 Å². The van der Waals surface area contributed by atoms with E-state index in [1.165, 1.54) is 120 Å². The fourth-order valence-corrected chi connectivity index (χ4v) is 10.9. The maximum atomic E-state index is 3.91. The molecule has 6 aliphatic carbocycles. The van der Waals surface area contributed by atoms with Gasteiger partial charge in [0.05, 0.1) is 0 Å². The summed E-state index contributed by atoms with van der Waals surface area (Å²) >= 11 is 0.